The molecule has 5 heteroatoms. The van der Waals surface area contributed by atoms with Gasteiger partial charge in [0.05, 0.1) is 7.11 Å². The van der Waals surface area contributed by atoms with Gasteiger partial charge in [0, 0.05) is 16.6 Å². The van der Waals surface area contributed by atoms with Crippen LogP contribution in [0.3, 0.4) is 0 Å². The summed E-state index contributed by atoms with van der Waals surface area (Å²) in [5.74, 6) is 0.543. The Hall–Kier alpha value is -1.59. The molecule has 0 spiro atoms. The molecule has 2 rings (SSSR count). The van der Waals surface area contributed by atoms with E-state index in [4.69, 9.17) is 9.47 Å². The molecule has 3 nitrogen and oxygen atoms in total. The minimum absolute atomic E-state index is 0.156. The highest BCUT2D eigenvalue weighted by Gasteiger charge is 2.09. The van der Waals surface area contributed by atoms with Gasteiger partial charge in [-0.3, -0.25) is 0 Å². The molecule has 0 aliphatic carbocycles. The summed E-state index contributed by atoms with van der Waals surface area (Å²) in [6.07, 6.45) is 0. The zero-order valence-electron chi connectivity index (χ0n) is 12.0. The van der Waals surface area contributed by atoms with Gasteiger partial charge in [0.2, 0.25) is 0 Å². The van der Waals surface area contributed by atoms with E-state index >= 15 is 0 Å². The third-order valence-electron chi connectivity index (χ3n) is 3.04. The highest BCUT2D eigenvalue weighted by Crippen LogP contribution is 2.25. The fourth-order valence-corrected chi connectivity index (χ4v) is 2.34. The highest BCUT2D eigenvalue weighted by molar-refractivity contribution is 9.10. The first-order valence-corrected chi connectivity index (χ1v) is 7.32. The van der Waals surface area contributed by atoms with Crippen molar-refractivity contribution in [1.82, 2.24) is 5.32 Å². The third-order valence-corrected chi connectivity index (χ3v) is 3.82. The summed E-state index contributed by atoms with van der Waals surface area (Å²) in [4.78, 5) is 0. The molecule has 0 radical (unpaired) electrons. The highest BCUT2D eigenvalue weighted by atomic mass is 79.9. The zero-order valence-corrected chi connectivity index (χ0v) is 13.5. The number of hydrogen-bond acceptors (Lipinski definition) is 3. The van der Waals surface area contributed by atoms with Crippen LogP contribution in [0.2, 0.25) is 0 Å². The van der Waals surface area contributed by atoms with Crippen molar-refractivity contribution in [2.45, 2.75) is 13.2 Å². The fourth-order valence-electron chi connectivity index (χ4n) is 1.95. The second kappa shape index (κ2) is 7.43. The van der Waals surface area contributed by atoms with Crippen molar-refractivity contribution in [2.24, 2.45) is 0 Å². The maximum atomic E-state index is 14.0. The summed E-state index contributed by atoms with van der Waals surface area (Å²) in [7, 11) is 3.33. The zero-order chi connectivity index (χ0) is 15.2. The predicted molar refractivity (Wildman–Crippen MR) is 84.2 cm³/mol. The van der Waals surface area contributed by atoms with E-state index in [-0.39, 0.29) is 18.2 Å². The van der Waals surface area contributed by atoms with Crippen molar-refractivity contribution < 1.29 is 13.9 Å². The molecule has 1 N–H and O–H groups in total. The standard InChI is InChI=1S/C16H17BrFNO2/c1-19-9-12-8-13(6-7-14(12)17)21-10-11-4-3-5-15(20-2)16(11)18/h3-8,19H,9-10H2,1-2H3. The third kappa shape index (κ3) is 3.95. The molecular formula is C16H17BrFNO2. The molecule has 2 aromatic carbocycles. The van der Waals surface area contributed by atoms with Gasteiger partial charge in [0.25, 0.3) is 0 Å². The molecule has 0 heterocycles. The monoisotopic (exact) mass is 353 g/mol. The van der Waals surface area contributed by atoms with Crippen molar-refractivity contribution in [1.29, 1.82) is 0 Å². The fraction of sp³-hybridized carbons (Fsp3) is 0.250. The lowest BCUT2D eigenvalue weighted by Gasteiger charge is -2.11. The van der Waals surface area contributed by atoms with Crippen LogP contribution in [0.5, 0.6) is 11.5 Å². The van der Waals surface area contributed by atoms with Crippen LogP contribution < -0.4 is 14.8 Å². The van der Waals surface area contributed by atoms with Crippen LogP contribution in [0.1, 0.15) is 11.1 Å². The Morgan fingerprint density at radius 1 is 1.19 bits per heavy atom. The summed E-state index contributed by atoms with van der Waals surface area (Å²) in [5, 5.41) is 3.09. The summed E-state index contributed by atoms with van der Waals surface area (Å²) in [5.41, 5.74) is 1.55. The average Bonchev–Trinajstić information content (AvgIpc) is 2.49. The van der Waals surface area contributed by atoms with Crippen LogP contribution in [0, 0.1) is 5.82 Å². The number of benzene rings is 2. The van der Waals surface area contributed by atoms with Gasteiger partial charge >= 0.3 is 0 Å². The van der Waals surface area contributed by atoms with Gasteiger partial charge in [0.15, 0.2) is 11.6 Å². The number of nitrogens with one attached hydrogen (secondary N) is 1. The van der Waals surface area contributed by atoms with E-state index < -0.39 is 0 Å². The number of halogens is 2. The van der Waals surface area contributed by atoms with Crippen molar-refractivity contribution in [3.05, 3.63) is 57.8 Å². The number of methoxy groups -OCH3 is 1. The van der Waals surface area contributed by atoms with Crippen LogP contribution in [-0.4, -0.2) is 14.2 Å². The summed E-state index contributed by atoms with van der Waals surface area (Å²) in [6.45, 7) is 0.884. The Morgan fingerprint density at radius 2 is 2.00 bits per heavy atom. The topological polar surface area (TPSA) is 30.5 Å². The molecule has 2 aromatic rings. The largest absolute Gasteiger partial charge is 0.494 e. The second-order valence-corrected chi connectivity index (χ2v) is 5.36. The predicted octanol–water partition coefficient (Wildman–Crippen LogP) is 3.90. The maximum Gasteiger partial charge on any atom is 0.171 e. The maximum absolute atomic E-state index is 14.0. The molecule has 0 fully saturated rings. The molecule has 0 saturated heterocycles. The van der Waals surface area contributed by atoms with Gasteiger partial charge in [-0.1, -0.05) is 28.1 Å². The van der Waals surface area contributed by atoms with Gasteiger partial charge in [-0.05, 0) is 36.9 Å². The van der Waals surface area contributed by atoms with Gasteiger partial charge in [-0.15, -0.1) is 0 Å². The van der Waals surface area contributed by atoms with Crippen molar-refractivity contribution in [3.8, 4) is 11.5 Å². The second-order valence-electron chi connectivity index (χ2n) is 4.51. The lowest BCUT2D eigenvalue weighted by atomic mass is 10.2. The molecule has 0 saturated carbocycles. The Bertz CT molecular complexity index is 619. The lowest BCUT2D eigenvalue weighted by molar-refractivity contribution is 0.295. The smallest absolute Gasteiger partial charge is 0.171 e. The molecule has 0 amide bonds. The first-order valence-electron chi connectivity index (χ1n) is 6.53. The molecular weight excluding hydrogens is 337 g/mol. The SMILES string of the molecule is CNCc1cc(OCc2cccc(OC)c2F)ccc1Br. The Balaban J connectivity index is 2.11. The molecule has 0 aliphatic rings. The molecule has 0 aromatic heterocycles. The summed E-state index contributed by atoms with van der Waals surface area (Å²) >= 11 is 3.49. The van der Waals surface area contributed by atoms with E-state index in [0.29, 0.717) is 11.3 Å². The lowest BCUT2D eigenvalue weighted by Crippen LogP contribution is -2.06. The Kier molecular flexibility index (Phi) is 5.59. The van der Waals surface area contributed by atoms with Crippen molar-refractivity contribution in [3.63, 3.8) is 0 Å². The van der Waals surface area contributed by atoms with Crippen LogP contribution in [0.4, 0.5) is 4.39 Å². The van der Waals surface area contributed by atoms with E-state index in [2.05, 4.69) is 21.2 Å². The molecule has 112 valence electrons. The molecule has 0 atom stereocenters. The Morgan fingerprint density at radius 3 is 2.71 bits per heavy atom. The van der Waals surface area contributed by atoms with Crippen LogP contribution in [0.25, 0.3) is 0 Å². The quantitative estimate of drug-likeness (QED) is 0.854. The van der Waals surface area contributed by atoms with Crippen LogP contribution in [-0.2, 0) is 13.2 Å². The van der Waals surface area contributed by atoms with Crippen LogP contribution in [0.15, 0.2) is 40.9 Å². The molecule has 0 unspecified atom stereocenters. The molecule has 0 bridgehead atoms. The normalized spacial score (nSPS) is 10.5. The van der Waals surface area contributed by atoms with Gasteiger partial charge in [-0.25, -0.2) is 4.39 Å². The van der Waals surface area contributed by atoms with E-state index in [1.54, 1.807) is 18.2 Å². The van der Waals surface area contributed by atoms with E-state index in [0.717, 1.165) is 16.6 Å². The molecule has 0 aliphatic heterocycles. The van der Waals surface area contributed by atoms with E-state index in [1.807, 2.05) is 25.2 Å². The number of rotatable bonds is 6. The average molecular weight is 354 g/mol. The van der Waals surface area contributed by atoms with Crippen molar-refractivity contribution >= 4 is 15.9 Å². The van der Waals surface area contributed by atoms with Gasteiger partial charge in [0.1, 0.15) is 12.4 Å². The van der Waals surface area contributed by atoms with Gasteiger partial charge < -0.3 is 14.8 Å². The summed E-state index contributed by atoms with van der Waals surface area (Å²) < 4.78 is 25.7. The van der Waals surface area contributed by atoms with Crippen LogP contribution >= 0.6 is 15.9 Å². The summed E-state index contributed by atoms with van der Waals surface area (Å²) in [6, 6.07) is 10.7. The minimum atomic E-state index is -0.382. The number of ether oxygens (including phenoxy) is 2. The minimum Gasteiger partial charge on any atom is -0.494 e. The van der Waals surface area contributed by atoms with Crippen molar-refractivity contribution in [2.75, 3.05) is 14.2 Å². The Labute approximate surface area is 132 Å². The molecule has 21 heavy (non-hydrogen) atoms. The first kappa shape index (κ1) is 15.8. The number of hydrogen-bond donors (Lipinski definition) is 1. The van der Waals surface area contributed by atoms with E-state index in [1.165, 1.54) is 7.11 Å². The van der Waals surface area contributed by atoms with E-state index in [9.17, 15) is 4.39 Å². The van der Waals surface area contributed by atoms with Gasteiger partial charge in [-0.2, -0.15) is 0 Å². The first-order chi connectivity index (χ1) is 10.2.